The third-order valence-electron chi connectivity index (χ3n) is 2.31. The van der Waals surface area contributed by atoms with Crippen molar-refractivity contribution in [1.82, 2.24) is 7.59 Å². The molecule has 1 atom stereocenters. The predicted octanol–water partition coefficient (Wildman–Crippen LogP) is -0.224. The van der Waals surface area contributed by atoms with E-state index in [1.165, 1.54) is 0 Å². The SMILES string of the molecule is OC1CCCN(c2cc[n]([Tl])n2)C1. The van der Waals surface area contributed by atoms with Crippen LogP contribution in [0.15, 0.2) is 12.3 Å². The van der Waals surface area contributed by atoms with Crippen LogP contribution in [0.25, 0.3) is 0 Å². The number of rotatable bonds is 1. The fraction of sp³-hybridized carbons (Fsp3) is 0.625. The average molecular weight is 371 g/mol. The Balaban J connectivity index is 2.08. The maximum absolute atomic E-state index is 9.48. The van der Waals surface area contributed by atoms with E-state index in [-0.39, 0.29) is 6.10 Å². The summed E-state index contributed by atoms with van der Waals surface area (Å²) in [6, 6.07) is 2.03. The van der Waals surface area contributed by atoms with Crippen LogP contribution in [0.3, 0.4) is 0 Å². The normalized spacial score (nSPS) is 23.4. The first-order chi connectivity index (χ1) is 6.25. The quantitative estimate of drug-likeness (QED) is 0.695. The molecule has 1 aromatic rings. The molecular weight excluding hydrogens is 358 g/mol. The van der Waals surface area contributed by atoms with Gasteiger partial charge >= 0.3 is 93.8 Å². The van der Waals surface area contributed by atoms with Gasteiger partial charge in [-0.15, -0.1) is 0 Å². The van der Waals surface area contributed by atoms with E-state index < -0.39 is 0 Å². The molecule has 2 heterocycles. The van der Waals surface area contributed by atoms with Crippen molar-refractivity contribution in [3.05, 3.63) is 12.3 Å². The van der Waals surface area contributed by atoms with Crippen LogP contribution < -0.4 is 4.90 Å². The Hall–Kier alpha value is -0.108. The molecule has 0 bridgehead atoms. The summed E-state index contributed by atoms with van der Waals surface area (Å²) in [5.41, 5.74) is 0. The molecule has 13 heavy (non-hydrogen) atoms. The van der Waals surface area contributed by atoms with Gasteiger partial charge in [0.1, 0.15) is 0 Å². The average Bonchev–Trinajstić information content (AvgIpc) is 2.52. The molecule has 0 spiro atoms. The molecule has 1 aromatic heterocycles. The first kappa shape index (κ1) is 9.45. The van der Waals surface area contributed by atoms with Crippen LogP contribution in [0.1, 0.15) is 12.8 Å². The Morgan fingerprint density at radius 3 is 3.08 bits per heavy atom. The van der Waals surface area contributed by atoms with Gasteiger partial charge in [0, 0.05) is 0 Å². The Bertz CT molecular complexity index is 289. The Morgan fingerprint density at radius 1 is 1.62 bits per heavy atom. The van der Waals surface area contributed by atoms with Gasteiger partial charge in [0.15, 0.2) is 0 Å². The van der Waals surface area contributed by atoms with Gasteiger partial charge < -0.3 is 0 Å². The summed E-state index contributed by atoms with van der Waals surface area (Å²) in [6.45, 7) is 1.76. The van der Waals surface area contributed by atoms with Gasteiger partial charge in [-0.25, -0.2) is 0 Å². The van der Waals surface area contributed by atoms with Gasteiger partial charge in [0.2, 0.25) is 0 Å². The maximum atomic E-state index is 9.48. The standard InChI is InChI=1S/C8H12N3O.Tl/c12-7-2-1-5-11(6-7)8-3-4-9-10-8;/h3-4,7,12H,1-2,5-6H2;/q-1;+1. The molecule has 0 aromatic carbocycles. The van der Waals surface area contributed by atoms with Crippen molar-refractivity contribution >= 4 is 31.9 Å². The zero-order valence-corrected chi connectivity index (χ0v) is 11.9. The number of nitrogens with zero attached hydrogens (tertiary/aromatic N) is 3. The summed E-state index contributed by atoms with van der Waals surface area (Å²) < 4.78 is 1.95. The first-order valence-corrected chi connectivity index (χ1v) is 6.50. The molecule has 0 radical (unpaired) electrons. The van der Waals surface area contributed by atoms with E-state index in [9.17, 15) is 5.11 Å². The summed E-state index contributed by atoms with van der Waals surface area (Å²) in [4.78, 5) is 2.16. The number of β-amino-alcohol motifs (C(OH)–C–C–N with tert-alkyl or cyclic N) is 1. The van der Waals surface area contributed by atoms with Crippen LogP contribution >= 0.6 is 0 Å². The molecule has 2 rings (SSSR count). The predicted molar refractivity (Wildman–Crippen MR) is 50.8 cm³/mol. The molecule has 5 heteroatoms. The zero-order chi connectivity index (χ0) is 9.26. The fourth-order valence-corrected chi connectivity index (χ4v) is 2.45. The molecule has 1 unspecified atom stereocenters. The van der Waals surface area contributed by atoms with Gasteiger partial charge in [-0.3, -0.25) is 0 Å². The molecule has 1 fully saturated rings. The van der Waals surface area contributed by atoms with Crippen LogP contribution in [-0.4, -0.2) is 58.0 Å². The molecule has 68 valence electrons. The third kappa shape index (κ3) is 2.22. The van der Waals surface area contributed by atoms with Gasteiger partial charge in [-0.1, -0.05) is 0 Å². The van der Waals surface area contributed by atoms with E-state index in [0.717, 1.165) is 57.8 Å². The topological polar surface area (TPSA) is 41.3 Å². The summed E-state index contributed by atoms with van der Waals surface area (Å²) in [5.74, 6) is 1.02. The van der Waals surface area contributed by atoms with E-state index in [0.29, 0.717) is 0 Å². The van der Waals surface area contributed by atoms with E-state index in [4.69, 9.17) is 0 Å². The van der Waals surface area contributed by atoms with Gasteiger partial charge in [-0.2, -0.15) is 0 Å². The first-order valence-electron chi connectivity index (χ1n) is 4.49. The second kappa shape index (κ2) is 3.95. The Kier molecular flexibility index (Phi) is 2.87. The van der Waals surface area contributed by atoms with Gasteiger partial charge in [-0.05, 0) is 0 Å². The molecule has 1 saturated heterocycles. The summed E-state index contributed by atoms with van der Waals surface area (Å²) in [5, 5.41) is 13.9. The van der Waals surface area contributed by atoms with Crippen molar-refractivity contribution in [2.75, 3.05) is 18.0 Å². The third-order valence-corrected chi connectivity index (χ3v) is 3.43. The molecule has 1 N–H and O–H groups in total. The number of hydrogen-bond donors (Lipinski definition) is 1. The minimum atomic E-state index is -0.171. The van der Waals surface area contributed by atoms with E-state index >= 15 is 0 Å². The minimum absolute atomic E-state index is 0.171. The molecule has 0 aliphatic carbocycles. The van der Waals surface area contributed by atoms with E-state index in [1.54, 1.807) is 0 Å². The van der Waals surface area contributed by atoms with Gasteiger partial charge in [0.25, 0.3) is 0 Å². The summed E-state index contributed by atoms with van der Waals surface area (Å²) >= 11 is 0.730. The second-order valence-electron chi connectivity index (χ2n) is 3.40. The van der Waals surface area contributed by atoms with Crippen molar-refractivity contribution in [2.24, 2.45) is 0 Å². The van der Waals surface area contributed by atoms with Crippen LogP contribution in [0.2, 0.25) is 0 Å². The van der Waals surface area contributed by atoms with Crippen LogP contribution in [-0.2, 0) is 0 Å². The summed E-state index contributed by atoms with van der Waals surface area (Å²) in [6.07, 6.45) is 3.83. The number of hydrogen-bond acceptors (Lipinski definition) is 3. The van der Waals surface area contributed by atoms with Crippen molar-refractivity contribution < 1.29 is 5.11 Å². The zero-order valence-electron chi connectivity index (χ0n) is 7.43. The number of aromatic nitrogens is 2. The van der Waals surface area contributed by atoms with Crippen LogP contribution in [0, 0.1) is 0 Å². The summed E-state index contributed by atoms with van der Waals surface area (Å²) in [7, 11) is 0. The molecule has 1 aliphatic rings. The molecule has 4 nitrogen and oxygen atoms in total. The molecule has 1 aliphatic heterocycles. The van der Waals surface area contributed by atoms with Crippen molar-refractivity contribution in [2.45, 2.75) is 18.9 Å². The molecular formula is C8H12N3OTl. The molecule has 0 saturated carbocycles. The Morgan fingerprint density at radius 2 is 2.46 bits per heavy atom. The van der Waals surface area contributed by atoms with Crippen molar-refractivity contribution in [3.8, 4) is 0 Å². The number of aliphatic hydroxyl groups excluding tert-OH is 1. The van der Waals surface area contributed by atoms with Crippen LogP contribution in [0.5, 0.6) is 0 Å². The van der Waals surface area contributed by atoms with Crippen molar-refractivity contribution in [3.63, 3.8) is 0 Å². The van der Waals surface area contributed by atoms with E-state index in [2.05, 4.69) is 10.00 Å². The monoisotopic (exact) mass is 371 g/mol. The van der Waals surface area contributed by atoms with Gasteiger partial charge in [0.05, 0.1) is 0 Å². The van der Waals surface area contributed by atoms with Crippen LogP contribution in [0.4, 0.5) is 5.82 Å². The number of piperidine rings is 1. The number of aliphatic hydroxyl groups is 1. The number of anilines is 1. The van der Waals surface area contributed by atoms with Crippen molar-refractivity contribution in [1.29, 1.82) is 0 Å². The molecule has 0 amide bonds. The fourth-order valence-electron chi connectivity index (χ4n) is 1.66. The van der Waals surface area contributed by atoms with E-state index in [1.807, 2.05) is 14.8 Å². The Labute approximate surface area is 93.6 Å². The second-order valence-corrected chi connectivity index (χ2v) is 5.45.